The smallest absolute Gasteiger partial charge is 0.340 e. The van der Waals surface area contributed by atoms with Gasteiger partial charge >= 0.3 is 5.97 Å². The summed E-state index contributed by atoms with van der Waals surface area (Å²) in [4.78, 5) is 24.3. The zero-order valence-corrected chi connectivity index (χ0v) is 14.9. The van der Waals surface area contributed by atoms with E-state index in [9.17, 15) is 9.59 Å². The van der Waals surface area contributed by atoms with E-state index in [4.69, 9.17) is 4.74 Å². The molecule has 2 rings (SSSR count). The van der Waals surface area contributed by atoms with Gasteiger partial charge in [-0.2, -0.15) is 0 Å². The molecule has 0 bridgehead atoms. The SMILES string of the molecule is CCOC(=O)c1ccccc1NC(=O)c1ccc(Br)cc1Br. The molecule has 0 aliphatic rings. The van der Waals surface area contributed by atoms with Crippen LogP contribution < -0.4 is 5.32 Å². The van der Waals surface area contributed by atoms with Crippen molar-refractivity contribution < 1.29 is 14.3 Å². The summed E-state index contributed by atoms with van der Waals surface area (Å²) in [6.07, 6.45) is 0. The average Bonchev–Trinajstić information content (AvgIpc) is 2.47. The number of rotatable bonds is 4. The van der Waals surface area contributed by atoms with Crippen molar-refractivity contribution >= 4 is 49.4 Å². The van der Waals surface area contributed by atoms with Gasteiger partial charge in [-0.3, -0.25) is 4.79 Å². The third-order valence-electron chi connectivity index (χ3n) is 2.85. The molecule has 0 atom stereocenters. The lowest BCUT2D eigenvalue weighted by molar-refractivity contribution is 0.0527. The summed E-state index contributed by atoms with van der Waals surface area (Å²) < 4.78 is 6.51. The molecule has 0 fully saturated rings. The summed E-state index contributed by atoms with van der Waals surface area (Å²) in [5.41, 5.74) is 1.22. The Kier molecular flexibility index (Phi) is 5.74. The Hall–Kier alpha value is -1.66. The third kappa shape index (κ3) is 3.96. The van der Waals surface area contributed by atoms with E-state index in [0.717, 1.165) is 4.47 Å². The van der Waals surface area contributed by atoms with Crippen LogP contribution in [0.25, 0.3) is 0 Å². The molecule has 1 N–H and O–H groups in total. The van der Waals surface area contributed by atoms with E-state index in [-0.39, 0.29) is 12.5 Å². The number of anilines is 1. The van der Waals surface area contributed by atoms with Crippen LogP contribution in [0.5, 0.6) is 0 Å². The minimum Gasteiger partial charge on any atom is -0.462 e. The lowest BCUT2D eigenvalue weighted by Crippen LogP contribution is -2.16. The topological polar surface area (TPSA) is 55.4 Å². The lowest BCUT2D eigenvalue weighted by Gasteiger charge is -2.11. The average molecular weight is 427 g/mol. The second-order valence-corrected chi connectivity index (χ2v) is 6.11. The number of amides is 1. The predicted molar refractivity (Wildman–Crippen MR) is 92.2 cm³/mol. The van der Waals surface area contributed by atoms with E-state index in [1.807, 2.05) is 0 Å². The fourth-order valence-electron chi connectivity index (χ4n) is 1.84. The van der Waals surface area contributed by atoms with Gasteiger partial charge < -0.3 is 10.1 Å². The maximum Gasteiger partial charge on any atom is 0.340 e. The quantitative estimate of drug-likeness (QED) is 0.724. The Morgan fingerprint density at radius 2 is 1.82 bits per heavy atom. The molecule has 0 unspecified atom stereocenters. The van der Waals surface area contributed by atoms with Gasteiger partial charge in [0, 0.05) is 8.95 Å². The van der Waals surface area contributed by atoms with Crippen LogP contribution in [0, 0.1) is 0 Å². The van der Waals surface area contributed by atoms with Crippen LogP contribution in [-0.2, 0) is 4.74 Å². The first-order chi connectivity index (χ1) is 10.5. The molecule has 0 spiro atoms. The van der Waals surface area contributed by atoms with Gasteiger partial charge in [0.2, 0.25) is 0 Å². The molecule has 2 aromatic rings. The highest BCUT2D eigenvalue weighted by molar-refractivity contribution is 9.11. The van der Waals surface area contributed by atoms with Crippen molar-refractivity contribution in [1.29, 1.82) is 0 Å². The Labute approximate surface area is 145 Å². The number of hydrogen-bond donors (Lipinski definition) is 1. The number of carbonyl (C=O) groups is 2. The van der Waals surface area contributed by atoms with E-state index in [1.165, 1.54) is 0 Å². The van der Waals surface area contributed by atoms with Gasteiger partial charge in [0.05, 0.1) is 23.4 Å². The molecular weight excluding hydrogens is 414 g/mol. The van der Waals surface area contributed by atoms with E-state index in [1.54, 1.807) is 49.4 Å². The summed E-state index contributed by atoms with van der Waals surface area (Å²) in [6, 6.07) is 12.0. The molecule has 2 aromatic carbocycles. The van der Waals surface area contributed by atoms with Crippen molar-refractivity contribution in [1.82, 2.24) is 0 Å². The van der Waals surface area contributed by atoms with Crippen molar-refractivity contribution in [3.63, 3.8) is 0 Å². The molecule has 0 radical (unpaired) electrons. The Morgan fingerprint density at radius 3 is 2.50 bits per heavy atom. The van der Waals surface area contributed by atoms with Crippen molar-refractivity contribution in [2.75, 3.05) is 11.9 Å². The minimum atomic E-state index is -0.465. The Morgan fingerprint density at radius 1 is 1.09 bits per heavy atom. The van der Waals surface area contributed by atoms with Crippen molar-refractivity contribution in [2.24, 2.45) is 0 Å². The normalized spacial score (nSPS) is 10.1. The van der Waals surface area contributed by atoms with Crippen LogP contribution in [0.1, 0.15) is 27.6 Å². The van der Waals surface area contributed by atoms with E-state index < -0.39 is 5.97 Å². The van der Waals surface area contributed by atoms with Crippen LogP contribution in [0.15, 0.2) is 51.4 Å². The van der Waals surface area contributed by atoms with Gasteiger partial charge in [-0.05, 0) is 53.2 Å². The maximum absolute atomic E-state index is 12.4. The van der Waals surface area contributed by atoms with Crippen LogP contribution in [0.4, 0.5) is 5.69 Å². The summed E-state index contributed by atoms with van der Waals surface area (Å²) >= 11 is 6.69. The van der Waals surface area contributed by atoms with Crippen LogP contribution in [-0.4, -0.2) is 18.5 Å². The van der Waals surface area contributed by atoms with Crippen LogP contribution in [0.3, 0.4) is 0 Å². The highest BCUT2D eigenvalue weighted by atomic mass is 79.9. The molecule has 4 nitrogen and oxygen atoms in total. The van der Waals surface area contributed by atoms with E-state index in [2.05, 4.69) is 37.2 Å². The van der Waals surface area contributed by atoms with Crippen LogP contribution in [0.2, 0.25) is 0 Å². The van der Waals surface area contributed by atoms with Gasteiger partial charge in [-0.25, -0.2) is 4.79 Å². The largest absolute Gasteiger partial charge is 0.462 e. The number of para-hydroxylation sites is 1. The molecule has 0 aliphatic carbocycles. The minimum absolute atomic E-state index is 0.277. The Balaban J connectivity index is 2.27. The first kappa shape index (κ1) is 16.7. The highest BCUT2D eigenvalue weighted by Gasteiger charge is 2.16. The number of benzene rings is 2. The maximum atomic E-state index is 12.4. The summed E-state index contributed by atoms with van der Waals surface area (Å²) in [7, 11) is 0. The molecule has 0 aliphatic heterocycles. The molecule has 0 saturated carbocycles. The molecule has 114 valence electrons. The lowest BCUT2D eigenvalue weighted by atomic mass is 10.1. The number of halogens is 2. The molecule has 0 saturated heterocycles. The van der Waals surface area contributed by atoms with Crippen LogP contribution >= 0.6 is 31.9 Å². The Bertz CT molecular complexity index is 716. The fourth-order valence-corrected chi connectivity index (χ4v) is 3.07. The first-order valence-corrected chi connectivity index (χ1v) is 8.14. The summed E-state index contributed by atoms with van der Waals surface area (Å²) in [5.74, 6) is -0.774. The van der Waals surface area contributed by atoms with E-state index in [0.29, 0.717) is 21.3 Å². The van der Waals surface area contributed by atoms with Gasteiger partial charge in [0.1, 0.15) is 0 Å². The number of esters is 1. The standard InChI is InChI=1S/C16H13Br2NO3/c1-2-22-16(21)12-5-3-4-6-14(12)19-15(20)11-8-7-10(17)9-13(11)18/h3-9H,2H2,1H3,(H,19,20). The predicted octanol–water partition coefficient (Wildman–Crippen LogP) is 4.64. The zero-order chi connectivity index (χ0) is 16.1. The van der Waals surface area contributed by atoms with Gasteiger partial charge in [-0.1, -0.05) is 28.1 Å². The second kappa shape index (κ2) is 7.56. The monoisotopic (exact) mass is 425 g/mol. The number of hydrogen-bond acceptors (Lipinski definition) is 3. The first-order valence-electron chi connectivity index (χ1n) is 6.55. The third-order valence-corrected chi connectivity index (χ3v) is 4.00. The number of carbonyl (C=O) groups excluding carboxylic acids is 2. The number of nitrogens with one attached hydrogen (secondary N) is 1. The molecule has 22 heavy (non-hydrogen) atoms. The molecule has 6 heteroatoms. The van der Waals surface area contributed by atoms with Gasteiger partial charge in [0.15, 0.2) is 0 Å². The van der Waals surface area contributed by atoms with Gasteiger partial charge in [0.25, 0.3) is 5.91 Å². The van der Waals surface area contributed by atoms with E-state index >= 15 is 0 Å². The van der Waals surface area contributed by atoms with Crippen molar-refractivity contribution in [3.05, 3.63) is 62.5 Å². The second-order valence-electron chi connectivity index (χ2n) is 4.34. The highest BCUT2D eigenvalue weighted by Crippen LogP contribution is 2.24. The van der Waals surface area contributed by atoms with Crippen molar-refractivity contribution in [2.45, 2.75) is 6.92 Å². The number of ether oxygens (including phenoxy) is 1. The fraction of sp³-hybridized carbons (Fsp3) is 0.125. The van der Waals surface area contributed by atoms with Crippen molar-refractivity contribution in [3.8, 4) is 0 Å². The molecular formula is C16H13Br2NO3. The molecule has 1 amide bonds. The zero-order valence-electron chi connectivity index (χ0n) is 11.7. The summed E-state index contributed by atoms with van der Waals surface area (Å²) in [6.45, 7) is 2.01. The summed E-state index contributed by atoms with van der Waals surface area (Å²) in [5, 5.41) is 2.74. The molecule has 0 aromatic heterocycles. The van der Waals surface area contributed by atoms with Gasteiger partial charge in [-0.15, -0.1) is 0 Å². The molecule has 0 heterocycles.